The van der Waals surface area contributed by atoms with Gasteiger partial charge >= 0.3 is 0 Å². The SMILES string of the molecule is Cc1ncsc1CCOc1ccc([N+](=O)[O-])cc1CN. The molecule has 6 nitrogen and oxygen atoms in total. The molecule has 2 N–H and O–H groups in total. The van der Waals surface area contributed by atoms with E-state index in [0.29, 0.717) is 17.9 Å². The Hall–Kier alpha value is -1.99. The largest absolute Gasteiger partial charge is 0.493 e. The summed E-state index contributed by atoms with van der Waals surface area (Å²) in [6, 6.07) is 4.47. The van der Waals surface area contributed by atoms with Crippen LogP contribution in [-0.4, -0.2) is 16.5 Å². The first kappa shape index (κ1) is 14.4. The molecule has 7 heteroatoms. The quantitative estimate of drug-likeness (QED) is 0.652. The lowest BCUT2D eigenvalue weighted by atomic mass is 10.2. The van der Waals surface area contributed by atoms with Crippen molar-refractivity contribution in [1.82, 2.24) is 4.98 Å². The van der Waals surface area contributed by atoms with Crippen LogP contribution in [0.1, 0.15) is 16.1 Å². The maximum Gasteiger partial charge on any atom is 0.270 e. The molecule has 0 aliphatic rings. The van der Waals surface area contributed by atoms with E-state index < -0.39 is 4.92 Å². The Morgan fingerprint density at radius 3 is 2.90 bits per heavy atom. The third kappa shape index (κ3) is 3.31. The van der Waals surface area contributed by atoms with E-state index in [1.54, 1.807) is 17.4 Å². The number of non-ortho nitro benzene ring substituents is 1. The first-order valence-corrected chi connectivity index (χ1v) is 6.99. The van der Waals surface area contributed by atoms with Crippen molar-refractivity contribution in [3.05, 3.63) is 50.0 Å². The van der Waals surface area contributed by atoms with E-state index in [4.69, 9.17) is 10.5 Å². The molecule has 0 saturated carbocycles. The number of benzene rings is 1. The number of hydrogen-bond donors (Lipinski definition) is 1. The summed E-state index contributed by atoms with van der Waals surface area (Å²) < 4.78 is 5.67. The van der Waals surface area contributed by atoms with E-state index in [2.05, 4.69) is 4.98 Å². The fourth-order valence-corrected chi connectivity index (χ4v) is 2.56. The van der Waals surface area contributed by atoms with Crippen LogP contribution in [0.3, 0.4) is 0 Å². The molecule has 0 spiro atoms. The summed E-state index contributed by atoms with van der Waals surface area (Å²) in [5.74, 6) is 0.597. The van der Waals surface area contributed by atoms with Crippen molar-refractivity contribution in [3.8, 4) is 5.75 Å². The number of nitro benzene ring substituents is 1. The van der Waals surface area contributed by atoms with Crippen LogP contribution in [0.5, 0.6) is 5.75 Å². The molecule has 0 unspecified atom stereocenters. The predicted molar refractivity (Wildman–Crippen MR) is 77.0 cm³/mol. The van der Waals surface area contributed by atoms with Crippen molar-refractivity contribution >= 4 is 17.0 Å². The number of nitrogens with two attached hydrogens (primary N) is 1. The van der Waals surface area contributed by atoms with Gasteiger partial charge in [-0.05, 0) is 13.0 Å². The summed E-state index contributed by atoms with van der Waals surface area (Å²) in [4.78, 5) is 15.6. The Kier molecular flexibility index (Phi) is 4.65. The summed E-state index contributed by atoms with van der Waals surface area (Å²) in [6.07, 6.45) is 0.761. The molecule has 1 aromatic carbocycles. The molecule has 2 aromatic rings. The normalized spacial score (nSPS) is 10.5. The highest BCUT2D eigenvalue weighted by Gasteiger charge is 2.11. The average Bonchev–Trinajstić information content (AvgIpc) is 2.84. The third-order valence-corrected chi connectivity index (χ3v) is 3.90. The van der Waals surface area contributed by atoms with Gasteiger partial charge in [0.2, 0.25) is 0 Å². The maximum atomic E-state index is 10.7. The zero-order valence-electron chi connectivity index (χ0n) is 11.0. The Balaban J connectivity index is 2.02. The summed E-state index contributed by atoms with van der Waals surface area (Å²) in [5.41, 5.74) is 9.09. The second kappa shape index (κ2) is 6.44. The lowest BCUT2D eigenvalue weighted by molar-refractivity contribution is -0.384. The van der Waals surface area contributed by atoms with Gasteiger partial charge in [-0.15, -0.1) is 11.3 Å². The topological polar surface area (TPSA) is 91.3 Å². The van der Waals surface area contributed by atoms with Crippen LogP contribution in [0.25, 0.3) is 0 Å². The second-order valence-corrected chi connectivity index (χ2v) is 5.15. The van der Waals surface area contributed by atoms with Crippen LogP contribution < -0.4 is 10.5 Å². The van der Waals surface area contributed by atoms with Gasteiger partial charge in [0.1, 0.15) is 5.75 Å². The number of rotatable bonds is 6. The van der Waals surface area contributed by atoms with Crippen molar-refractivity contribution in [1.29, 1.82) is 0 Å². The number of hydrogen-bond acceptors (Lipinski definition) is 6. The molecule has 0 radical (unpaired) electrons. The van der Waals surface area contributed by atoms with E-state index in [1.165, 1.54) is 17.0 Å². The molecule has 2 rings (SSSR count). The van der Waals surface area contributed by atoms with Gasteiger partial charge in [-0.3, -0.25) is 10.1 Å². The first-order valence-electron chi connectivity index (χ1n) is 6.11. The molecule has 0 aliphatic heterocycles. The summed E-state index contributed by atoms with van der Waals surface area (Å²) in [5, 5.41) is 10.7. The molecular weight excluding hydrogens is 278 g/mol. The van der Waals surface area contributed by atoms with Gasteiger partial charge in [-0.2, -0.15) is 0 Å². The third-order valence-electron chi connectivity index (χ3n) is 2.91. The van der Waals surface area contributed by atoms with Crippen LogP contribution in [0, 0.1) is 17.0 Å². The van der Waals surface area contributed by atoms with Crippen molar-refractivity contribution in [2.24, 2.45) is 5.73 Å². The molecule has 0 bridgehead atoms. The van der Waals surface area contributed by atoms with Crippen LogP contribution >= 0.6 is 11.3 Å². The van der Waals surface area contributed by atoms with E-state index in [0.717, 1.165) is 12.1 Å². The highest BCUT2D eigenvalue weighted by Crippen LogP contribution is 2.24. The smallest absolute Gasteiger partial charge is 0.270 e. The highest BCUT2D eigenvalue weighted by molar-refractivity contribution is 7.09. The molecule has 0 saturated heterocycles. The standard InChI is InChI=1S/C13H15N3O3S/c1-9-13(20-8-15-9)4-5-19-12-3-2-11(16(17)18)6-10(12)7-14/h2-3,6,8H,4-5,7,14H2,1H3. The number of ether oxygens (including phenoxy) is 1. The molecule has 0 atom stereocenters. The zero-order chi connectivity index (χ0) is 14.5. The zero-order valence-corrected chi connectivity index (χ0v) is 11.9. The monoisotopic (exact) mass is 293 g/mol. The van der Waals surface area contributed by atoms with Gasteiger partial charge in [0, 0.05) is 35.5 Å². The summed E-state index contributed by atoms with van der Waals surface area (Å²) in [6.45, 7) is 2.66. The molecular formula is C13H15N3O3S. The van der Waals surface area contributed by atoms with Crippen LogP contribution in [0.4, 0.5) is 5.69 Å². The fourth-order valence-electron chi connectivity index (χ4n) is 1.80. The highest BCUT2D eigenvalue weighted by atomic mass is 32.1. The molecule has 106 valence electrons. The van der Waals surface area contributed by atoms with E-state index >= 15 is 0 Å². The van der Waals surface area contributed by atoms with Gasteiger partial charge in [-0.25, -0.2) is 4.98 Å². The molecule has 0 amide bonds. The number of aromatic nitrogens is 1. The van der Waals surface area contributed by atoms with Crippen LogP contribution in [-0.2, 0) is 13.0 Å². The summed E-state index contributed by atoms with van der Waals surface area (Å²) in [7, 11) is 0. The lowest BCUT2D eigenvalue weighted by Crippen LogP contribution is -2.06. The fraction of sp³-hybridized carbons (Fsp3) is 0.308. The maximum absolute atomic E-state index is 10.7. The Labute approximate surface area is 120 Å². The first-order chi connectivity index (χ1) is 9.61. The minimum absolute atomic E-state index is 0.0242. The molecule has 0 aliphatic carbocycles. The van der Waals surface area contributed by atoms with Crippen molar-refractivity contribution in [3.63, 3.8) is 0 Å². The molecule has 0 fully saturated rings. The Morgan fingerprint density at radius 2 is 2.30 bits per heavy atom. The Morgan fingerprint density at radius 1 is 1.50 bits per heavy atom. The summed E-state index contributed by atoms with van der Waals surface area (Å²) >= 11 is 1.60. The number of nitro groups is 1. The lowest BCUT2D eigenvalue weighted by Gasteiger charge is -2.09. The van der Waals surface area contributed by atoms with Gasteiger partial charge in [0.15, 0.2) is 0 Å². The number of aryl methyl sites for hydroxylation is 1. The second-order valence-electron chi connectivity index (χ2n) is 4.21. The minimum atomic E-state index is -0.441. The van der Waals surface area contributed by atoms with Gasteiger partial charge < -0.3 is 10.5 Å². The van der Waals surface area contributed by atoms with E-state index in [-0.39, 0.29) is 12.2 Å². The van der Waals surface area contributed by atoms with Crippen molar-refractivity contribution < 1.29 is 9.66 Å². The predicted octanol–water partition coefficient (Wildman–Crippen LogP) is 2.44. The van der Waals surface area contributed by atoms with E-state index in [1.807, 2.05) is 12.4 Å². The molecule has 20 heavy (non-hydrogen) atoms. The van der Waals surface area contributed by atoms with Crippen LogP contribution in [0.15, 0.2) is 23.7 Å². The van der Waals surface area contributed by atoms with Gasteiger partial charge in [-0.1, -0.05) is 0 Å². The van der Waals surface area contributed by atoms with Gasteiger partial charge in [0.05, 0.1) is 22.7 Å². The molecule has 1 aromatic heterocycles. The van der Waals surface area contributed by atoms with Crippen molar-refractivity contribution in [2.45, 2.75) is 19.9 Å². The Bertz CT molecular complexity index is 613. The number of thiazole rings is 1. The minimum Gasteiger partial charge on any atom is -0.493 e. The van der Waals surface area contributed by atoms with Crippen molar-refractivity contribution in [2.75, 3.05) is 6.61 Å². The molecule has 1 heterocycles. The number of nitrogens with zero attached hydrogens (tertiary/aromatic N) is 2. The van der Waals surface area contributed by atoms with Crippen LogP contribution in [0.2, 0.25) is 0 Å². The average molecular weight is 293 g/mol. The van der Waals surface area contributed by atoms with E-state index in [9.17, 15) is 10.1 Å². The van der Waals surface area contributed by atoms with Gasteiger partial charge in [0.25, 0.3) is 5.69 Å².